The molecule has 0 saturated carbocycles. The minimum absolute atomic E-state index is 0.0520. The van der Waals surface area contributed by atoms with Crippen LogP contribution in [0.3, 0.4) is 0 Å². The number of carbonyl (C=O) groups is 1. The number of rotatable bonds is 4. The van der Waals surface area contributed by atoms with Gasteiger partial charge in [-0.2, -0.15) is 0 Å². The van der Waals surface area contributed by atoms with Gasteiger partial charge in [0.25, 0.3) is 0 Å². The minimum atomic E-state index is -0.296. The third-order valence-corrected chi connectivity index (χ3v) is 4.98. The molecule has 0 aromatic heterocycles. The first-order valence-corrected chi connectivity index (χ1v) is 8.78. The largest absolute Gasteiger partial charge is 0.372 e. The molecule has 2 aliphatic heterocycles. The standard InChI is InChI=1S/C19H20ClN3O2/c20-14-2-1-3-16(8-14)23-18(24)22-15-6-4-13(5-7-15)9-19-10-17(11-25-19)21-12-19/h1-8,17,21H,9-12H2,(H2,22,23,24)/t17-,19-/m1/s1. The summed E-state index contributed by atoms with van der Waals surface area (Å²) < 4.78 is 5.96. The molecule has 6 heteroatoms. The molecule has 5 nitrogen and oxygen atoms in total. The lowest BCUT2D eigenvalue weighted by atomic mass is 9.93. The molecule has 25 heavy (non-hydrogen) atoms. The van der Waals surface area contributed by atoms with Crippen molar-refractivity contribution in [3.63, 3.8) is 0 Å². The fourth-order valence-corrected chi connectivity index (χ4v) is 3.74. The third kappa shape index (κ3) is 3.79. The van der Waals surface area contributed by atoms with Crippen LogP contribution >= 0.6 is 11.6 Å². The molecule has 2 bridgehead atoms. The number of benzene rings is 2. The fraction of sp³-hybridized carbons (Fsp3) is 0.316. The summed E-state index contributed by atoms with van der Waals surface area (Å²) >= 11 is 5.92. The molecule has 2 aromatic carbocycles. The highest BCUT2D eigenvalue weighted by Gasteiger charge is 2.45. The molecule has 0 unspecified atom stereocenters. The van der Waals surface area contributed by atoms with Gasteiger partial charge in [-0.05, 0) is 42.3 Å². The minimum Gasteiger partial charge on any atom is -0.372 e. The molecule has 2 heterocycles. The van der Waals surface area contributed by atoms with Crippen LogP contribution < -0.4 is 16.0 Å². The lowest BCUT2D eigenvalue weighted by Crippen LogP contribution is -2.40. The number of hydrogen-bond donors (Lipinski definition) is 3. The van der Waals surface area contributed by atoms with Crippen molar-refractivity contribution >= 4 is 29.0 Å². The maximum atomic E-state index is 12.1. The maximum Gasteiger partial charge on any atom is 0.323 e. The van der Waals surface area contributed by atoms with Gasteiger partial charge < -0.3 is 20.7 Å². The molecule has 4 rings (SSSR count). The second kappa shape index (κ2) is 6.67. The van der Waals surface area contributed by atoms with Crippen molar-refractivity contribution in [1.82, 2.24) is 5.32 Å². The van der Waals surface area contributed by atoms with Gasteiger partial charge in [0.2, 0.25) is 0 Å². The van der Waals surface area contributed by atoms with Gasteiger partial charge in [0.15, 0.2) is 0 Å². The first-order chi connectivity index (χ1) is 12.1. The summed E-state index contributed by atoms with van der Waals surface area (Å²) in [5.41, 5.74) is 2.56. The third-order valence-electron chi connectivity index (χ3n) is 4.74. The zero-order chi connectivity index (χ0) is 17.3. The van der Waals surface area contributed by atoms with E-state index in [1.54, 1.807) is 24.3 Å². The van der Waals surface area contributed by atoms with Gasteiger partial charge in [-0.1, -0.05) is 29.8 Å². The van der Waals surface area contributed by atoms with E-state index in [-0.39, 0.29) is 11.6 Å². The van der Waals surface area contributed by atoms with Crippen LogP contribution in [0.5, 0.6) is 0 Å². The zero-order valence-corrected chi connectivity index (χ0v) is 14.5. The highest BCUT2D eigenvalue weighted by molar-refractivity contribution is 6.30. The van der Waals surface area contributed by atoms with Gasteiger partial charge in [-0.3, -0.25) is 0 Å². The van der Waals surface area contributed by atoms with E-state index >= 15 is 0 Å². The second-order valence-corrected chi connectivity index (χ2v) is 7.18. The van der Waals surface area contributed by atoms with Crippen molar-refractivity contribution in [3.8, 4) is 0 Å². The van der Waals surface area contributed by atoms with E-state index in [4.69, 9.17) is 16.3 Å². The Morgan fingerprint density at radius 1 is 1.20 bits per heavy atom. The van der Waals surface area contributed by atoms with Gasteiger partial charge in [0, 0.05) is 35.4 Å². The second-order valence-electron chi connectivity index (χ2n) is 6.74. The number of urea groups is 1. The summed E-state index contributed by atoms with van der Waals surface area (Å²) in [6.07, 6.45) is 1.97. The number of carbonyl (C=O) groups excluding carboxylic acids is 1. The van der Waals surface area contributed by atoms with Crippen LogP contribution in [0.4, 0.5) is 16.2 Å². The first-order valence-electron chi connectivity index (χ1n) is 8.40. The van der Waals surface area contributed by atoms with E-state index in [1.807, 2.05) is 24.3 Å². The summed E-state index contributed by atoms with van der Waals surface area (Å²) in [6.45, 7) is 1.73. The number of halogens is 1. The molecule has 2 aromatic rings. The van der Waals surface area contributed by atoms with E-state index in [1.165, 1.54) is 5.56 Å². The first kappa shape index (κ1) is 16.4. The molecule has 2 atom stereocenters. The lowest BCUT2D eigenvalue weighted by Gasteiger charge is -2.26. The van der Waals surface area contributed by atoms with Gasteiger partial charge in [-0.25, -0.2) is 4.79 Å². The van der Waals surface area contributed by atoms with E-state index in [0.717, 1.165) is 31.7 Å². The maximum absolute atomic E-state index is 12.1. The molecule has 130 valence electrons. The molecule has 0 spiro atoms. The lowest BCUT2D eigenvalue weighted by molar-refractivity contribution is -0.00521. The zero-order valence-electron chi connectivity index (χ0n) is 13.7. The fourth-order valence-electron chi connectivity index (χ4n) is 3.55. The van der Waals surface area contributed by atoms with Gasteiger partial charge in [0.1, 0.15) is 0 Å². The number of morpholine rings is 1. The van der Waals surface area contributed by atoms with E-state index in [9.17, 15) is 4.79 Å². The molecular weight excluding hydrogens is 338 g/mol. The average Bonchev–Trinajstić information content (AvgIpc) is 3.17. The van der Waals surface area contributed by atoms with Crippen LogP contribution in [0.15, 0.2) is 48.5 Å². The van der Waals surface area contributed by atoms with Crippen LogP contribution in [0.25, 0.3) is 0 Å². The molecule has 2 amide bonds. The average molecular weight is 358 g/mol. The molecule has 0 radical (unpaired) electrons. The van der Waals surface area contributed by atoms with Crippen LogP contribution in [0, 0.1) is 0 Å². The predicted octanol–water partition coefficient (Wildman–Crippen LogP) is 3.66. The van der Waals surface area contributed by atoms with Crippen LogP contribution in [-0.2, 0) is 11.2 Å². The van der Waals surface area contributed by atoms with E-state index in [0.29, 0.717) is 16.8 Å². The molecule has 2 aliphatic rings. The monoisotopic (exact) mass is 357 g/mol. The van der Waals surface area contributed by atoms with Crippen molar-refractivity contribution in [2.45, 2.75) is 24.5 Å². The van der Waals surface area contributed by atoms with Crippen molar-refractivity contribution in [2.75, 3.05) is 23.8 Å². The Labute approximate surface area is 151 Å². The summed E-state index contributed by atoms with van der Waals surface area (Å²) in [5, 5.41) is 9.65. The smallest absolute Gasteiger partial charge is 0.323 e. The molecule has 0 aliphatic carbocycles. The van der Waals surface area contributed by atoms with Crippen LogP contribution in [-0.4, -0.2) is 30.8 Å². The Balaban J connectivity index is 1.35. The Bertz CT molecular complexity index is 770. The summed E-state index contributed by atoms with van der Waals surface area (Å²) in [7, 11) is 0. The topological polar surface area (TPSA) is 62.4 Å². The molecule has 3 N–H and O–H groups in total. The molecular formula is C19H20ClN3O2. The van der Waals surface area contributed by atoms with Gasteiger partial charge in [-0.15, -0.1) is 0 Å². The van der Waals surface area contributed by atoms with Crippen molar-refractivity contribution in [2.24, 2.45) is 0 Å². The number of amides is 2. The number of nitrogens with one attached hydrogen (secondary N) is 3. The van der Waals surface area contributed by atoms with E-state index in [2.05, 4.69) is 16.0 Å². The normalized spacial score (nSPS) is 24.3. The summed E-state index contributed by atoms with van der Waals surface area (Å²) in [6, 6.07) is 15.2. The van der Waals surface area contributed by atoms with Crippen molar-refractivity contribution in [3.05, 3.63) is 59.1 Å². The van der Waals surface area contributed by atoms with Gasteiger partial charge in [0.05, 0.1) is 12.2 Å². The highest BCUT2D eigenvalue weighted by atomic mass is 35.5. The van der Waals surface area contributed by atoms with Crippen LogP contribution in [0.1, 0.15) is 12.0 Å². The van der Waals surface area contributed by atoms with E-state index < -0.39 is 0 Å². The number of fused-ring (bicyclic) bond motifs is 2. The highest BCUT2D eigenvalue weighted by Crippen LogP contribution is 2.34. The van der Waals surface area contributed by atoms with Gasteiger partial charge >= 0.3 is 6.03 Å². The Hall–Kier alpha value is -2.08. The number of ether oxygens (including phenoxy) is 1. The number of hydrogen-bond acceptors (Lipinski definition) is 3. The molecule has 2 fully saturated rings. The number of anilines is 2. The van der Waals surface area contributed by atoms with Crippen LogP contribution in [0.2, 0.25) is 5.02 Å². The Morgan fingerprint density at radius 3 is 2.64 bits per heavy atom. The SMILES string of the molecule is O=C(Nc1ccc(C[C@@]23CN[C@@H](CO2)C3)cc1)Nc1cccc(Cl)c1. The predicted molar refractivity (Wildman–Crippen MR) is 99.3 cm³/mol. The van der Waals surface area contributed by atoms with Crippen molar-refractivity contribution in [1.29, 1.82) is 0 Å². The van der Waals surface area contributed by atoms with Crippen molar-refractivity contribution < 1.29 is 9.53 Å². The quantitative estimate of drug-likeness (QED) is 0.782. The molecule has 2 saturated heterocycles. The summed E-state index contributed by atoms with van der Waals surface area (Å²) in [4.78, 5) is 12.1. The Morgan fingerprint density at radius 2 is 2.00 bits per heavy atom. The Kier molecular flexibility index (Phi) is 4.37. The summed E-state index contributed by atoms with van der Waals surface area (Å²) in [5.74, 6) is 0.